The number of nitrogens with zero attached hydrogens (tertiary/aromatic N) is 2. The number of carbonyl (C=O) groups excluding carboxylic acids is 1. The summed E-state index contributed by atoms with van der Waals surface area (Å²) >= 11 is 0. The number of sulfonamides is 1. The number of nitrogens with one attached hydrogen (secondary N) is 1. The molecule has 0 saturated heterocycles. The molecule has 0 unspecified atom stereocenters. The molecule has 0 spiro atoms. The first-order chi connectivity index (χ1) is 13.8. The average molecular weight is 415 g/mol. The molecule has 8 nitrogen and oxygen atoms in total. The predicted octanol–water partition coefficient (Wildman–Crippen LogP) is 3.13. The molecule has 0 amide bonds. The second-order valence-corrected chi connectivity index (χ2v) is 8.49. The minimum Gasteiger partial charge on any atom is -0.452 e. The topological polar surface area (TPSA) is 111 Å². The summed E-state index contributed by atoms with van der Waals surface area (Å²) in [5.74, 6) is 0.263. The van der Waals surface area contributed by atoms with Gasteiger partial charge in [-0.15, -0.1) is 0 Å². The maximum Gasteiger partial charge on any atom is 0.338 e. The first-order valence-electron chi connectivity index (χ1n) is 8.94. The Kier molecular flexibility index (Phi) is 6.09. The highest BCUT2D eigenvalue weighted by atomic mass is 32.2. The molecule has 152 valence electrons. The lowest BCUT2D eigenvalue weighted by atomic mass is 10.0. The number of aromatic nitrogens is 2. The van der Waals surface area contributed by atoms with Crippen LogP contribution in [0.5, 0.6) is 0 Å². The highest BCUT2D eigenvalue weighted by molar-refractivity contribution is 7.89. The van der Waals surface area contributed by atoms with E-state index in [1.54, 1.807) is 0 Å². The molecule has 0 aliphatic heterocycles. The van der Waals surface area contributed by atoms with Crippen molar-refractivity contribution < 1.29 is 22.5 Å². The zero-order valence-corrected chi connectivity index (χ0v) is 17.1. The normalized spacial score (nSPS) is 11.6. The molecule has 9 heteroatoms. The van der Waals surface area contributed by atoms with Crippen LogP contribution in [0.4, 0.5) is 0 Å². The van der Waals surface area contributed by atoms with Crippen molar-refractivity contribution in [1.82, 2.24) is 14.9 Å². The number of hydrogen-bond acceptors (Lipinski definition) is 7. The lowest BCUT2D eigenvalue weighted by Crippen LogP contribution is -2.19. The lowest BCUT2D eigenvalue weighted by molar-refractivity contribution is 0.0429. The Bertz CT molecular complexity index is 1110. The van der Waals surface area contributed by atoms with E-state index < -0.39 is 16.0 Å². The number of ether oxygens (including phenoxy) is 1. The van der Waals surface area contributed by atoms with Crippen LogP contribution < -0.4 is 4.72 Å². The second kappa shape index (κ2) is 8.54. The van der Waals surface area contributed by atoms with Gasteiger partial charge in [0.25, 0.3) is 5.89 Å². The Morgan fingerprint density at radius 2 is 1.90 bits per heavy atom. The number of rotatable bonds is 7. The molecular weight excluding hydrogens is 394 g/mol. The molecule has 0 bridgehead atoms. The summed E-state index contributed by atoms with van der Waals surface area (Å²) in [4.78, 5) is 16.4. The molecule has 0 aliphatic rings. The Morgan fingerprint density at radius 3 is 2.55 bits per heavy atom. The van der Waals surface area contributed by atoms with Crippen LogP contribution in [-0.2, 0) is 21.4 Å². The van der Waals surface area contributed by atoms with Gasteiger partial charge >= 0.3 is 5.97 Å². The molecule has 2 aromatic carbocycles. The number of esters is 1. The SMILES string of the molecule is CNS(=O)(=O)c1cccc(C(=O)OCc2nc(-c3ccc(C(C)C)cc3)no2)c1. The smallest absolute Gasteiger partial charge is 0.338 e. The van der Waals surface area contributed by atoms with E-state index in [1.807, 2.05) is 24.3 Å². The van der Waals surface area contributed by atoms with Crippen LogP contribution >= 0.6 is 0 Å². The Balaban J connectivity index is 1.67. The van der Waals surface area contributed by atoms with Crippen molar-refractivity contribution in [3.8, 4) is 11.4 Å². The van der Waals surface area contributed by atoms with Gasteiger partial charge in [-0.25, -0.2) is 17.9 Å². The van der Waals surface area contributed by atoms with Crippen LogP contribution in [0.1, 0.15) is 41.6 Å². The molecule has 1 N–H and O–H groups in total. The van der Waals surface area contributed by atoms with Gasteiger partial charge in [0.05, 0.1) is 10.5 Å². The van der Waals surface area contributed by atoms with Crippen LogP contribution in [0.2, 0.25) is 0 Å². The van der Waals surface area contributed by atoms with E-state index in [-0.39, 0.29) is 23.0 Å². The van der Waals surface area contributed by atoms with Crippen molar-refractivity contribution in [2.45, 2.75) is 31.3 Å². The van der Waals surface area contributed by atoms with Crippen LogP contribution in [0.25, 0.3) is 11.4 Å². The first kappa shape index (κ1) is 20.7. The summed E-state index contributed by atoms with van der Waals surface area (Å²) < 4.78 is 36.2. The van der Waals surface area contributed by atoms with E-state index in [2.05, 4.69) is 28.7 Å². The third kappa shape index (κ3) is 4.87. The van der Waals surface area contributed by atoms with Crippen molar-refractivity contribution >= 4 is 16.0 Å². The fraction of sp³-hybridized carbons (Fsp3) is 0.250. The maximum absolute atomic E-state index is 12.2. The third-order valence-electron chi connectivity index (χ3n) is 4.28. The summed E-state index contributed by atoms with van der Waals surface area (Å²) in [6, 6.07) is 13.4. The summed E-state index contributed by atoms with van der Waals surface area (Å²) in [5, 5.41) is 3.90. The molecule has 3 rings (SSSR count). The van der Waals surface area contributed by atoms with Gasteiger partial charge in [0.15, 0.2) is 6.61 Å². The largest absolute Gasteiger partial charge is 0.452 e. The van der Waals surface area contributed by atoms with Gasteiger partial charge in [-0.05, 0) is 36.7 Å². The van der Waals surface area contributed by atoms with Gasteiger partial charge in [0, 0.05) is 5.56 Å². The maximum atomic E-state index is 12.2. The standard InChI is InChI=1S/C20H21N3O5S/c1-13(2)14-7-9-15(10-8-14)19-22-18(28-23-19)12-27-20(24)16-5-4-6-17(11-16)29(25,26)21-3/h4-11,13,21H,12H2,1-3H3. The molecule has 3 aromatic rings. The van der Waals surface area contributed by atoms with Gasteiger partial charge < -0.3 is 9.26 Å². The molecule has 1 aromatic heterocycles. The zero-order chi connectivity index (χ0) is 21.0. The molecule has 29 heavy (non-hydrogen) atoms. The van der Waals surface area contributed by atoms with Crippen molar-refractivity contribution in [3.05, 3.63) is 65.5 Å². The van der Waals surface area contributed by atoms with E-state index >= 15 is 0 Å². The summed E-state index contributed by atoms with van der Waals surface area (Å²) in [7, 11) is -2.36. The van der Waals surface area contributed by atoms with Crippen LogP contribution in [0.15, 0.2) is 57.9 Å². The highest BCUT2D eigenvalue weighted by Crippen LogP contribution is 2.21. The van der Waals surface area contributed by atoms with Crippen molar-refractivity contribution in [1.29, 1.82) is 0 Å². The second-order valence-electron chi connectivity index (χ2n) is 6.60. The number of carbonyl (C=O) groups is 1. The van der Waals surface area contributed by atoms with Gasteiger partial charge in [-0.2, -0.15) is 4.98 Å². The van der Waals surface area contributed by atoms with Crippen molar-refractivity contribution in [3.63, 3.8) is 0 Å². The van der Waals surface area contributed by atoms with Crippen LogP contribution in [-0.4, -0.2) is 31.6 Å². The number of benzene rings is 2. The van der Waals surface area contributed by atoms with E-state index in [0.717, 1.165) is 5.56 Å². The lowest BCUT2D eigenvalue weighted by Gasteiger charge is -2.05. The monoisotopic (exact) mass is 415 g/mol. The summed E-state index contributed by atoms with van der Waals surface area (Å²) in [6.45, 7) is 4.00. The Hall–Kier alpha value is -3.04. The van der Waals surface area contributed by atoms with Gasteiger partial charge in [-0.1, -0.05) is 49.3 Å². The summed E-state index contributed by atoms with van der Waals surface area (Å²) in [5.41, 5.74) is 2.10. The van der Waals surface area contributed by atoms with Gasteiger partial charge in [0.1, 0.15) is 0 Å². The van der Waals surface area contributed by atoms with Crippen molar-refractivity contribution in [2.75, 3.05) is 7.05 Å². The molecule has 0 saturated carbocycles. The Morgan fingerprint density at radius 1 is 1.17 bits per heavy atom. The molecule has 0 radical (unpaired) electrons. The zero-order valence-electron chi connectivity index (χ0n) is 16.2. The molecule has 0 fully saturated rings. The fourth-order valence-electron chi connectivity index (χ4n) is 2.57. The minimum atomic E-state index is -3.66. The molecule has 1 heterocycles. The highest BCUT2D eigenvalue weighted by Gasteiger charge is 2.16. The molecular formula is C20H21N3O5S. The van der Waals surface area contributed by atoms with Crippen LogP contribution in [0, 0.1) is 0 Å². The van der Waals surface area contributed by atoms with E-state index in [1.165, 1.54) is 36.9 Å². The quantitative estimate of drug-likeness (QED) is 0.590. The first-order valence-corrected chi connectivity index (χ1v) is 10.4. The Labute approximate surface area is 169 Å². The van der Waals surface area contributed by atoms with Gasteiger partial charge in [0.2, 0.25) is 15.8 Å². The third-order valence-corrected chi connectivity index (χ3v) is 5.69. The van der Waals surface area contributed by atoms with Gasteiger partial charge in [-0.3, -0.25) is 0 Å². The van der Waals surface area contributed by atoms with Crippen molar-refractivity contribution in [2.24, 2.45) is 0 Å². The number of hydrogen-bond donors (Lipinski definition) is 1. The molecule has 0 aliphatic carbocycles. The predicted molar refractivity (Wildman–Crippen MR) is 106 cm³/mol. The average Bonchev–Trinajstić information content (AvgIpc) is 3.21. The van der Waals surface area contributed by atoms with E-state index in [9.17, 15) is 13.2 Å². The van der Waals surface area contributed by atoms with E-state index in [4.69, 9.17) is 9.26 Å². The fourth-order valence-corrected chi connectivity index (χ4v) is 3.34. The van der Waals surface area contributed by atoms with E-state index in [0.29, 0.717) is 11.7 Å². The summed E-state index contributed by atoms with van der Waals surface area (Å²) in [6.07, 6.45) is 0. The van der Waals surface area contributed by atoms with Crippen LogP contribution in [0.3, 0.4) is 0 Å². The minimum absolute atomic E-state index is 0.0284. The molecule has 0 atom stereocenters.